The summed E-state index contributed by atoms with van der Waals surface area (Å²) in [5.74, 6) is 0. The number of hydrogen-bond donors (Lipinski definition) is 0. The zero-order chi connectivity index (χ0) is 13.9. The summed E-state index contributed by atoms with van der Waals surface area (Å²) >= 11 is 0. The summed E-state index contributed by atoms with van der Waals surface area (Å²) in [6, 6.07) is 0. The van der Waals surface area contributed by atoms with Crippen LogP contribution >= 0.6 is 0 Å². The Balaban J connectivity index is 2.59. The van der Waals surface area contributed by atoms with Gasteiger partial charge in [0.05, 0.1) is 32.7 Å². The van der Waals surface area contributed by atoms with Crippen molar-refractivity contribution in [3.05, 3.63) is 50.3 Å². The minimum absolute atomic E-state index is 0.177. The van der Waals surface area contributed by atoms with E-state index in [0.29, 0.717) is 26.4 Å². The van der Waals surface area contributed by atoms with Crippen LogP contribution in [0.1, 0.15) is 0 Å². The zero-order valence-electron chi connectivity index (χ0n) is 11.2. The van der Waals surface area contributed by atoms with Gasteiger partial charge in [-0.25, -0.2) is 0 Å². The molecule has 0 aromatic carbocycles. The molecule has 1 aliphatic heterocycles. The van der Waals surface area contributed by atoms with Crippen molar-refractivity contribution in [3.63, 3.8) is 0 Å². The molecule has 106 valence electrons. The minimum atomic E-state index is -0.229. The van der Waals surface area contributed by atoms with Gasteiger partial charge in [0.2, 0.25) is 0 Å². The van der Waals surface area contributed by atoms with Gasteiger partial charge in [-0.15, -0.1) is 19.7 Å². The van der Waals surface area contributed by atoms with Gasteiger partial charge in [0.1, 0.15) is 18.3 Å². The second-order valence-corrected chi connectivity index (χ2v) is 4.00. The van der Waals surface area contributed by atoms with Gasteiger partial charge < -0.3 is 18.9 Å². The highest BCUT2D eigenvalue weighted by Gasteiger charge is 2.33. The van der Waals surface area contributed by atoms with Crippen molar-refractivity contribution in [2.24, 2.45) is 0 Å². The zero-order valence-corrected chi connectivity index (χ0v) is 11.2. The van der Waals surface area contributed by atoms with Crippen LogP contribution in [0.25, 0.3) is 0 Å². The van der Waals surface area contributed by atoms with E-state index in [1.54, 1.807) is 24.5 Å². The van der Waals surface area contributed by atoms with E-state index >= 15 is 0 Å². The van der Waals surface area contributed by atoms with Gasteiger partial charge in [-0.2, -0.15) is 0 Å². The molecule has 4 heteroatoms. The molecule has 0 bridgehead atoms. The third kappa shape index (κ3) is 5.42. The van der Waals surface area contributed by atoms with Crippen LogP contribution < -0.4 is 0 Å². The fourth-order valence-corrected chi connectivity index (χ4v) is 1.73. The molecule has 0 radical (unpaired) electrons. The Morgan fingerprint density at radius 1 is 1.00 bits per heavy atom. The quantitative estimate of drug-likeness (QED) is 0.449. The van der Waals surface area contributed by atoms with Gasteiger partial charge in [0.15, 0.2) is 0 Å². The first-order valence-corrected chi connectivity index (χ1v) is 6.29. The molecule has 4 nitrogen and oxygen atoms in total. The van der Waals surface area contributed by atoms with Gasteiger partial charge in [0.25, 0.3) is 0 Å². The lowest BCUT2D eigenvalue weighted by atomic mass is 10.1. The minimum Gasteiger partial charge on any atom is -0.493 e. The summed E-state index contributed by atoms with van der Waals surface area (Å²) in [5, 5.41) is 0. The highest BCUT2D eigenvalue weighted by molar-refractivity contribution is 4.99. The predicted molar refractivity (Wildman–Crippen MR) is 74.9 cm³/mol. The van der Waals surface area contributed by atoms with Crippen molar-refractivity contribution in [3.8, 4) is 0 Å². The number of rotatable bonds is 10. The van der Waals surface area contributed by atoms with Gasteiger partial charge in [-0.1, -0.05) is 18.2 Å². The van der Waals surface area contributed by atoms with Crippen molar-refractivity contribution in [2.45, 2.75) is 18.3 Å². The van der Waals surface area contributed by atoms with Crippen LogP contribution in [0, 0.1) is 0 Å². The van der Waals surface area contributed by atoms with Crippen LogP contribution in [0.4, 0.5) is 0 Å². The lowest BCUT2D eigenvalue weighted by molar-refractivity contribution is -0.128. The molecule has 1 heterocycles. The molecule has 0 fully saturated rings. The first-order valence-electron chi connectivity index (χ1n) is 6.29. The summed E-state index contributed by atoms with van der Waals surface area (Å²) in [6.45, 7) is 12.7. The van der Waals surface area contributed by atoms with E-state index in [1.165, 1.54) is 0 Å². The van der Waals surface area contributed by atoms with Crippen LogP contribution in [-0.2, 0) is 18.9 Å². The average Bonchev–Trinajstić information content (AvgIpc) is 2.44. The average molecular weight is 266 g/mol. The summed E-state index contributed by atoms with van der Waals surface area (Å²) in [4.78, 5) is 0. The molecular formula is C15H22O4. The standard InChI is InChI=1S/C15H22O4/c1-4-8-16-12-14-15(19-10-6-3)13(7-11-18-14)17-9-5-2/h4-7,11,13-15H,1-3,8-10,12H2/t13-,14-,15+/m1/s1. The first kappa shape index (κ1) is 15.7. The lowest BCUT2D eigenvalue weighted by Crippen LogP contribution is -2.46. The van der Waals surface area contributed by atoms with Crippen LogP contribution in [0.2, 0.25) is 0 Å². The predicted octanol–water partition coefficient (Wildman–Crippen LogP) is 2.24. The van der Waals surface area contributed by atoms with E-state index in [9.17, 15) is 0 Å². The molecule has 1 aliphatic rings. The molecule has 0 spiro atoms. The highest BCUT2D eigenvalue weighted by Crippen LogP contribution is 2.19. The summed E-state index contributed by atoms with van der Waals surface area (Å²) in [7, 11) is 0. The molecule has 0 unspecified atom stereocenters. The Morgan fingerprint density at radius 2 is 1.68 bits per heavy atom. The molecule has 0 aromatic heterocycles. The maximum absolute atomic E-state index is 5.73. The number of hydrogen-bond acceptors (Lipinski definition) is 4. The molecule has 19 heavy (non-hydrogen) atoms. The Morgan fingerprint density at radius 3 is 2.37 bits per heavy atom. The van der Waals surface area contributed by atoms with E-state index in [0.717, 1.165) is 0 Å². The summed E-state index contributed by atoms with van der Waals surface area (Å²) in [5.41, 5.74) is 0. The fourth-order valence-electron chi connectivity index (χ4n) is 1.73. The summed E-state index contributed by atoms with van der Waals surface area (Å²) < 4.78 is 22.4. The van der Waals surface area contributed by atoms with E-state index in [2.05, 4.69) is 19.7 Å². The molecule has 0 aromatic rings. The van der Waals surface area contributed by atoms with Crippen molar-refractivity contribution in [1.29, 1.82) is 0 Å². The normalized spacial score (nSPS) is 25.6. The van der Waals surface area contributed by atoms with Crippen molar-refractivity contribution in [2.75, 3.05) is 26.4 Å². The van der Waals surface area contributed by atoms with Gasteiger partial charge in [-0.05, 0) is 6.08 Å². The smallest absolute Gasteiger partial charge is 0.150 e. The van der Waals surface area contributed by atoms with Crippen molar-refractivity contribution in [1.82, 2.24) is 0 Å². The van der Waals surface area contributed by atoms with E-state index in [-0.39, 0.29) is 18.3 Å². The Bertz CT molecular complexity index is 311. The fraction of sp³-hybridized carbons (Fsp3) is 0.467. The SMILES string of the molecule is C=CCOC[C@H]1OC=C[C@@H](OCC=C)[C@@H]1OCC=C. The maximum Gasteiger partial charge on any atom is 0.150 e. The van der Waals surface area contributed by atoms with E-state index in [1.807, 2.05) is 6.08 Å². The molecule has 0 saturated heterocycles. The van der Waals surface area contributed by atoms with Crippen LogP contribution in [-0.4, -0.2) is 44.7 Å². The van der Waals surface area contributed by atoms with Gasteiger partial charge in [0, 0.05) is 0 Å². The first-order chi connectivity index (χ1) is 9.33. The third-order valence-corrected chi connectivity index (χ3v) is 2.54. The molecule has 0 aliphatic carbocycles. The maximum atomic E-state index is 5.73. The van der Waals surface area contributed by atoms with Crippen LogP contribution in [0.5, 0.6) is 0 Å². The lowest BCUT2D eigenvalue weighted by Gasteiger charge is -2.34. The van der Waals surface area contributed by atoms with Crippen molar-refractivity contribution < 1.29 is 18.9 Å². The van der Waals surface area contributed by atoms with Crippen molar-refractivity contribution >= 4 is 0 Å². The highest BCUT2D eigenvalue weighted by atomic mass is 16.6. The second kappa shape index (κ2) is 9.55. The number of ether oxygens (including phenoxy) is 4. The topological polar surface area (TPSA) is 36.9 Å². The molecular weight excluding hydrogens is 244 g/mol. The molecule has 0 amide bonds. The molecule has 0 N–H and O–H groups in total. The Hall–Kier alpha value is -1.36. The molecule has 3 atom stereocenters. The van der Waals surface area contributed by atoms with Gasteiger partial charge in [-0.3, -0.25) is 0 Å². The Kier molecular flexibility index (Phi) is 7.89. The van der Waals surface area contributed by atoms with Crippen LogP contribution in [0.3, 0.4) is 0 Å². The molecule has 0 saturated carbocycles. The molecule has 1 rings (SSSR count). The summed E-state index contributed by atoms with van der Waals surface area (Å²) in [6.07, 6.45) is 7.95. The largest absolute Gasteiger partial charge is 0.493 e. The van der Waals surface area contributed by atoms with Crippen LogP contribution in [0.15, 0.2) is 50.3 Å². The monoisotopic (exact) mass is 266 g/mol. The van der Waals surface area contributed by atoms with E-state index in [4.69, 9.17) is 18.9 Å². The third-order valence-electron chi connectivity index (χ3n) is 2.54. The van der Waals surface area contributed by atoms with E-state index < -0.39 is 0 Å². The Labute approximate surface area is 115 Å². The second-order valence-electron chi connectivity index (χ2n) is 4.00. The van der Waals surface area contributed by atoms with Gasteiger partial charge >= 0.3 is 0 Å².